The lowest BCUT2D eigenvalue weighted by molar-refractivity contribution is -0.138. The molecule has 1 N–H and O–H groups in total. The molecule has 1 aromatic heterocycles. The number of benzene rings is 1. The molecule has 23 heavy (non-hydrogen) atoms. The van der Waals surface area contributed by atoms with Gasteiger partial charge in [-0.15, -0.1) is 10.2 Å². The fourth-order valence-corrected chi connectivity index (χ4v) is 2.80. The Labute approximate surface area is 135 Å². The summed E-state index contributed by atoms with van der Waals surface area (Å²) in [7, 11) is 0. The van der Waals surface area contributed by atoms with Crippen molar-refractivity contribution >= 4 is 5.91 Å². The van der Waals surface area contributed by atoms with Crippen LogP contribution in [0.25, 0.3) is 11.4 Å². The van der Waals surface area contributed by atoms with Crippen molar-refractivity contribution in [3.8, 4) is 11.4 Å². The molecule has 1 amide bonds. The Hall–Kier alpha value is -2.28. The molecule has 2 heterocycles. The zero-order valence-electron chi connectivity index (χ0n) is 13.7. The van der Waals surface area contributed by atoms with Crippen molar-refractivity contribution in [2.24, 2.45) is 0 Å². The predicted octanol–water partition coefficient (Wildman–Crippen LogP) is 1.11. The molecular formula is C16H22N6O. The first-order valence-electron chi connectivity index (χ1n) is 7.96. The highest BCUT2D eigenvalue weighted by Crippen LogP contribution is 2.17. The largest absolute Gasteiger partial charge is 0.335 e. The van der Waals surface area contributed by atoms with Gasteiger partial charge >= 0.3 is 0 Å². The monoisotopic (exact) mass is 314 g/mol. The van der Waals surface area contributed by atoms with E-state index in [0.717, 1.165) is 12.1 Å². The molecule has 122 valence electrons. The van der Waals surface area contributed by atoms with E-state index in [2.05, 4.69) is 34.6 Å². The van der Waals surface area contributed by atoms with E-state index in [1.807, 2.05) is 42.2 Å². The summed E-state index contributed by atoms with van der Waals surface area (Å²) in [5.74, 6) is 0.565. The number of hydrogen-bond donors (Lipinski definition) is 1. The number of nitrogens with one attached hydrogen (secondary N) is 1. The second-order valence-corrected chi connectivity index (χ2v) is 5.99. The first-order chi connectivity index (χ1) is 11.1. The minimum Gasteiger partial charge on any atom is -0.335 e. The van der Waals surface area contributed by atoms with Crippen molar-refractivity contribution < 1.29 is 4.79 Å². The summed E-state index contributed by atoms with van der Waals surface area (Å²) in [5, 5.41) is 15.9. The zero-order valence-corrected chi connectivity index (χ0v) is 13.7. The fraction of sp³-hybridized carbons (Fsp3) is 0.500. The summed E-state index contributed by atoms with van der Waals surface area (Å²) in [4.78, 5) is 16.1. The van der Waals surface area contributed by atoms with E-state index < -0.39 is 6.04 Å². The molecule has 3 rings (SSSR count). The second-order valence-electron chi connectivity index (χ2n) is 5.99. The van der Waals surface area contributed by atoms with E-state index in [1.54, 1.807) is 0 Å². The molecule has 7 nitrogen and oxygen atoms in total. The number of hydrogen-bond acceptors (Lipinski definition) is 5. The maximum atomic E-state index is 12.8. The summed E-state index contributed by atoms with van der Waals surface area (Å²) < 4.78 is 0. The van der Waals surface area contributed by atoms with Crippen molar-refractivity contribution in [1.82, 2.24) is 30.4 Å². The van der Waals surface area contributed by atoms with E-state index in [9.17, 15) is 4.79 Å². The first kappa shape index (κ1) is 15.6. The van der Waals surface area contributed by atoms with Crippen molar-refractivity contribution in [3.63, 3.8) is 0 Å². The number of piperazine rings is 1. The van der Waals surface area contributed by atoms with Crippen molar-refractivity contribution in [3.05, 3.63) is 30.3 Å². The van der Waals surface area contributed by atoms with Gasteiger partial charge in [0.25, 0.3) is 0 Å². The molecule has 2 aromatic rings. The summed E-state index contributed by atoms with van der Waals surface area (Å²) in [6.45, 7) is 7.48. The maximum Gasteiger partial charge on any atom is 0.249 e. The van der Waals surface area contributed by atoms with Crippen LogP contribution in [0.3, 0.4) is 0 Å². The molecule has 1 fully saturated rings. The number of tetrazole rings is 1. The van der Waals surface area contributed by atoms with Gasteiger partial charge in [0.1, 0.15) is 6.04 Å². The second kappa shape index (κ2) is 6.45. The van der Waals surface area contributed by atoms with Crippen molar-refractivity contribution in [1.29, 1.82) is 0 Å². The van der Waals surface area contributed by atoms with Gasteiger partial charge in [0, 0.05) is 30.7 Å². The van der Waals surface area contributed by atoms with Crippen LogP contribution in [0.5, 0.6) is 0 Å². The van der Waals surface area contributed by atoms with Crippen LogP contribution in [-0.2, 0) is 4.79 Å². The molecular weight excluding hydrogens is 292 g/mol. The van der Waals surface area contributed by atoms with Gasteiger partial charge in [-0.05, 0) is 26.0 Å². The Morgan fingerprint density at radius 1 is 1.30 bits per heavy atom. The third-order valence-electron chi connectivity index (χ3n) is 4.48. The van der Waals surface area contributed by atoms with Gasteiger partial charge in [0.05, 0.1) is 0 Å². The van der Waals surface area contributed by atoms with Crippen molar-refractivity contribution in [2.45, 2.75) is 38.9 Å². The van der Waals surface area contributed by atoms with Gasteiger partial charge in [-0.3, -0.25) is 4.79 Å². The number of rotatable bonds is 3. The minimum atomic E-state index is -0.465. The molecule has 0 bridgehead atoms. The number of carbonyl (C=O) groups is 1. The summed E-state index contributed by atoms with van der Waals surface area (Å²) in [6.07, 6.45) is 0. The molecule has 1 aliphatic rings. The summed E-state index contributed by atoms with van der Waals surface area (Å²) in [5.41, 5.74) is 0.891. The number of aromatic nitrogens is 4. The van der Waals surface area contributed by atoms with Crippen molar-refractivity contribution in [2.75, 3.05) is 13.1 Å². The molecule has 3 unspecified atom stereocenters. The number of nitrogens with zero attached hydrogens (tertiary/aromatic N) is 5. The maximum absolute atomic E-state index is 12.8. The Morgan fingerprint density at radius 3 is 2.78 bits per heavy atom. The lowest BCUT2D eigenvalue weighted by atomic mass is 10.1. The van der Waals surface area contributed by atoms with Gasteiger partial charge < -0.3 is 10.2 Å². The third kappa shape index (κ3) is 3.10. The molecule has 1 aliphatic heterocycles. The van der Waals surface area contributed by atoms with Gasteiger partial charge in [0.15, 0.2) is 0 Å². The lowest BCUT2D eigenvalue weighted by Gasteiger charge is -2.39. The molecule has 0 saturated carbocycles. The van der Waals surface area contributed by atoms with E-state index in [4.69, 9.17) is 0 Å². The molecule has 1 saturated heterocycles. The van der Waals surface area contributed by atoms with Crippen LogP contribution < -0.4 is 5.32 Å². The van der Waals surface area contributed by atoms with E-state index >= 15 is 0 Å². The third-order valence-corrected chi connectivity index (χ3v) is 4.48. The zero-order chi connectivity index (χ0) is 16.4. The average molecular weight is 314 g/mol. The molecule has 3 atom stereocenters. The number of amides is 1. The van der Waals surface area contributed by atoms with Crippen LogP contribution in [-0.4, -0.2) is 56.2 Å². The van der Waals surface area contributed by atoms with E-state index in [-0.39, 0.29) is 18.0 Å². The summed E-state index contributed by atoms with van der Waals surface area (Å²) >= 11 is 0. The first-order valence-corrected chi connectivity index (χ1v) is 7.96. The highest BCUT2D eigenvalue weighted by Gasteiger charge is 2.32. The SMILES string of the molecule is CC1NCCN(C(=O)C(C)n2nnc(-c3ccccc3)n2)C1C. The van der Waals surface area contributed by atoms with E-state index in [0.29, 0.717) is 12.4 Å². The Morgan fingerprint density at radius 2 is 2.04 bits per heavy atom. The van der Waals surface area contributed by atoms with Crippen LogP contribution in [0.4, 0.5) is 0 Å². The van der Waals surface area contributed by atoms with Gasteiger partial charge in [-0.25, -0.2) is 0 Å². The van der Waals surface area contributed by atoms with Crippen LogP contribution in [0.15, 0.2) is 30.3 Å². The lowest BCUT2D eigenvalue weighted by Crippen LogP contribution is -2.58. The topological polar surface area (TPSA) is 75.9 Å². The smallest absolute Gasteiger partial charge is 0.249 e. The van der Waals surface area contributed by atoms with Crippen LogP contribution in [0.2, 0.25) is 0 Å². The normalized spacial score (nSPS) is 22.8. The Bertz CT molecular complexity index is 670. The molecule has 0 spiro atoms. The molecule has 7 heteroatoms. The van der Waals surface area contributed by atoms with Crippen LogP contribution in [0.1, 0.15) is 26.8 Å². The Balaban J connectivity index is 1.77. The van der Waals surface area contributed by atoms with Gasteiger partial charge in [-0.1, -0.05) is 30.3 Å². The van der Waals surface area contributed by atoms with Gasteiger partial charge in [0.2, 0.25) is 11.7 Å². The highest BCUT2D eigenvalue weighted by atomic mass is 16.2. The van der Waals surface area contributed by atoms with Gasteiger partial charge in [-0.2, -0.15) is 4.80 Å². The van der Waals surface area contributed by atoms with Crippen LogP contribution >= 0.6 is 0 Å². The molecule has 1 aromatic carbocycles. The number of carbonyl (C=O) groups excluding carboxylic acids is 1. The standard InChI is InChI=1S/C16H22N6O/c1-11-12(2)21(10-9-17-11)16(23)13(3)22-19-15(18-20-22)14-7-5-4-6-8-14/h4-8,11-13,17H,9-10H2,1-3H3. The fourth-order valence-electron chi connectivity index (χ4n) is 2.80. The molecule has 0 aliphatic carbocycles. The Kier molecular flexibility index (Phi) is 4.38. The molecule has 0 radical (unpaired) electrons. The highest BCUT2D eigenvalue weighted by molar-refractivity contribution is 5.80. The average Bonchev–Trinajstić information content (AvgIpc) is 3.07. The minimum absolute atomic E-state index is 0.0304. The summed E-state index contributed by atoms with van der Waals surface area (Å²) in [6, 6.07) is 9.60. The van der Waals surface area contributed by atoms with Crippen LogP contribution in [0, 0.1) is 0 Å². The quantitative estimate of drug-likeness (QED) is 0.918. The van der Waals surface area contributed by atoms with E-state index in [1.165, 1.54) is 4.80 Å². The predicted molar refractivity (Wildman–Crippen MR) is 86.6 cm³/mol.